The maximum Gasteiger partial charge on any atom is 0.250 e. The second kappa shape index (κ2) is 28.1. The lowest BCUT2D eigenvalue weighted by Crippen LogP contribution is -2.48. The molecule has 22 unspecified atom stereocenters. The van der Waals surface area contributed by atoms with E-state index in [0.29, 0.717) is 76.1 Å². The van der Waals surface area contributed by atoms with Crippen LogP contribution < -0.4 is 10.6 Å². The summed E-state index contributed by atoms with van der Waals surface area (Å²) in [6, 6.07) is -0.196. The van der Waals surface area contributed by atoms with Crippen LogP contribution in [-0.2, 0) is 19.2 Å². The van der Waals surface area contributed by atoms with Gasteiger partial charge in [-0.2, -0.15) is 35.3 Å². The normalized spacial score (nSPS) is 41.0. The molecule has 4 amide bonds. The Bertz CT molecular complexity index is 2970. The summed E-state index contributed by atoms with van der Waals surface area (Å²) in [5.74, 6) is 1.13. The van der Waals surface area contributed by atoms with Gasteiger partial charge in [-0.15, -0.1) is 82.3 Å². The lowest BCUT2D eigenvalue weighted by atomic mass is 9.63. The molecule has 0 aromatic carbocycles. The van der Waals surface area contributed by atoms with E-state index < -0.39 is 0 Å². The molecular weight excluding hydrogens is 1330 g/mol. The zero-order valence-corrected chi connectivity index (χ0v) is 65.1. The predicted octanol–water partition coefficient (Wildman–Crippen LogP) is 17.9. The third kappa shape index (κ3) is 13.4. The highest BCUT2D eigenvalue weighted by Crippen LogP contribution is 2.64. The Kier molecular flexibility index (Phi) is 21.2. The number of likely N-dealkylation sites (tertiary alicyclic amines) is 1. The minimum atomic E-state index is -0.385. The first-order chi connectivity index (χ1) is 44.0. The molecule has 92 heavy (non-hydrogen) atoms. The Morgan fingerprint density at radius 3 is 1.80 bits per heavy atom. The van der Waals surface area contributed by atoms with Crippen LogP contribution in [0, 0.1) is 45.8 Å². The number of nitrogens with one attached hydrogen (secondary N) is 2. The standard InChI is InChI=1S/C74H108N4O4S10/c1-39(2)18-14-12-16-33-77-66(49-27-29-57(91-49)72(5,6)7)62-60(70(77)81)65(76-68(62)79)48-25-23-44(86-48)53-37-55-56(88-53)38-54(89-55)45-26-30-58(90-45)73(8,9)74(10,11)59-31-28-50(92-59)67-63-61(71(82)78(67)34-17-13-15-19-40(3)4)64(75-69(63)80)47-24-22-42(85-47)41-20-21-43(84-41)52-36-51-46(87-52)32-35-83-51/h28,32,35,37-49,51-52,55-62,64-66H,12-27,29-31,33-34,36H2,1-11H3,(H,75,80)(H,76,79). The molecule has 0 spiro atoms. The molecule has 0 saturated carbocycles. The van der Waals surface area contributed by atoms with Gasteiger partial charge in [-0.25, -0.2) is 0 Å². The highest BCUT2D eigenvalue weighted by atomic mass is 32.2. The van der Waals surface area contributed by atoms with E-state index in [0.717, 1.165) is 91.4 Å². The highest BCUT2D eigenvalue weighted by Gasteiger charge is 2.64. The summed E-state index contributed by atoms with van der Waals surface area (Å²) >= 11 is 21.4. The van der Waals surface area contributed by atoms with Crippen LogP contribution in [0.5, 0.6) is 0 Å². The SMILES string of the molecule is CC(C)CCCCCN1C(=O)C2C(=C1C1=CCC(C(C)(C)C(C)(C)C3CCC(C4=CC5SC(C6CCC(C7NC(=O)C8C7C(=O)N(CCCCCC(C)C)C8C7CCC(C(C)(C)C)S7)S6)=CC5S4)S3)S1)C(=O)NC2C1CCC(C2CCC(C3CC4SC=CC4S3)S2)S1. The van der Waals surface area contributed by atoms with Gasteiger partial charge in [-0.05, 0) is 133 Å². The maximum atomic E-state index is 15.2. The summed E-state index contributed by atoms with van der Waals surface area (Å²) in [4.78, 5) is 67.6. The minimum Gasteiger partial charge on any atom is -0.351 e. The fourth-order valence-electron chi connectivity index (χ4n) is 18.7. The second-order valence-electron chi connectivity index (χ2n) is 33.0. The number of rotatable bonds is 23. The summed E-state index contributed by atoms with van der Waals surface area (Å²) in [6.45, 7) is 27.9. The number of carbonyl (C=O) groups is 4. The maximum absolute atomic E-state index is 15.2. The molecule has 14 aliphatic heterocycles. The van der Waals surface area contributed by atoms with Crippen LogP contribution in [0.2, 0.25) is 0 Å². The Balaban J connectivity index is 0.589. The van der Waals surface area contributed by atoms with E-state index in [2.05, 4.69) is 232 Å². The fourth-order valence-corrected chi connectivity index (χ4v) is 36.4. The van der Waals surface area contributed by atoms with E-state index in [1.165, 1.54) is 80.4 Å². The number of allylic oxidation sites excluding steroid dienone is 1. The first-order valence-electron chi connectivity index (χ1n) is 36.4. The van der Waals surface area contributed by atoms with E-state index in [1.54, 1.807) is 4.91 Å². The van der Waals surface area contributed by atoms with Crippen molar-refractivity contribution in [3.8, 4) is 0 Å². The van der Waals surface area contributed by atoms with Crippen LogP contribution >= 0.6 is 118 Å². The summed E-state index contributed by atoms with van der Waals surface area (Å²) < 4.78 is 0. The van der Waals surface area contributed by atoms with E-state index in [-0.39, 0.29) is 86.3 Å². The lowest BCUT2D eigenvalue weighted by molar-refractivity contribution is -0.133. The van der Waals surface area contributed by atoms with Crippen LogP contribution in [-0.4, -0.2) is 149 Å². The molecule has 18 heteroatoms. The summed E-state index contributed by atoms with van der Waals surface area (Å²) in [7, 11) is 0. The zero-order valence-electron chi connectivity index (χ0n) is 56.9. The van der Waals surface area contributed by atoms with Gasteiger partial charge in [-0.3, -0.25) is 19.2 Å². The third-order valence-corrected chi connectivity index (χ3v) is 42.4. The summed E-state index contributed by atoms with van der Waals surface area (Å²) in [5, 5.41) is 17.9. The molecular formula is C74H108N4O4S10. The molecule has 508 valence electrons. The van der Waals surface area contributed by atoms with Crippen molar-refractivity contribution in [2.24, 2.45) is 45.8 Å². The van der Waals surface area contributed by atoms with E-state index in [9.17, 15) is 14.4 Å². The molecule has 14 heterocycles. The average Bonchev–Trinajstić information content (AvgIpc) is 1.56. The van der Waals surface area contributed by atoms with Gasteiger partial charge in [0.25, 0.3) is 5.91 Å². The van der Waals surface area contributed by atoms with E-state index in [4.69, 9.17) is 0 Å². The topological polar surface area (TPSA) is 98.8 Å². The van der Waals surface area contributed by atoms with Gasteiger partial charge < -0.3 is 20.4 Å². The first kappa shape index (κ1) is 69.2. The van der Waals surface area contributed by atoms with Gasteiger partial charge in [0.05, 0.1) is 47.1 Å². The van der Waals surface area contributed by atoms with Gasteiger partial charge in [0.2, 0.25) is 17.7 Å². The number of hydrogen-bond donors (Lipinski definition) is 2. The average molecular weight is 1440 g/mol. The molecule has 0 aliphatic carbocycles. The van der Waals surface area contributed by atoms with Gasteiger partial charge in [0.15, 0.2) is 0 Å². The predicted molar refractivity (Wildman–Crippen MR) is 408 cm³/mol. The molecule has 14 aliphatic rings. The largest absolute Gasteiger partial charge is 0.351 e. The van der Waals surface area contributed by atoms with Crippen molar-refractivity contribution in [1.29, 1.82) is 0 Å². The Morgan fingerprint density at radius 2 is 1.13 bits per heavy atom. The third-order valence-electron chi connectivity index (χ3n) is 24.7. The van der Waals surface area contributed by atoms with E-state index >= 15 is 4.79 Å². The quantitative estimate of drug-likeness (QED) is 0.0950. The van der Waals surface area contributed by atoms with Crippen molar-refractivity contribution < 1.29 is 19.2 Å². The van der Waals surface area contributed by atoms with Crippen LogP contribution in [0.1, 0.15) is 205 Å². The monoisotopic (exact) mass is 1440 g/mol. The molecule has 9 saturated heterocycles. The van der Waals surface area contributed by atoms with Gasteiger partial charge in [0.1, 0.15) is 0 Å². The molecule has 22 atom stereocenters. The number of fused-ring (bicyclic) bond motifs is 4. The Labute approximate surface area is 596 Å². The highest BCUT2D eigenvalue weighted by molar-refractivity contribution is 8.11. The van der Waals surface area contributed by atoms with Gasteiger partial charge >= 0.3 is 0 Å². The molecule has 0 radical (unpaired) electrons. The second-order valence-corrected chi connectivity index (χ2v) is 46.6. The minimum absolute atomic E-state index is 0.0113. The molecule has 14 rings (SSSR count). The van der Waals surface area contributed by atoms with Gasteiger partial charge in [0, 0.05) is 102 Å². The van der Waals surface area contributed by atoms with Crippen LogP contribution in [0.15, 0.2) is 55.7 Å². The Morgan fingerprint density at radius 1 is 0.533 bits per heavy atom. The molecule has 0 aromatic rings. The fraction of sp³-hybridized carbons (Fsp3) is 0.811. The van der Waals surface area contributed by atoms with Crippen molar-refractivity contribution in [2.75, 3.05) is 13.1 Å². The van der Waals surface area contributed by atoms with Crippen molar-refractivity contribution in [1.82, 2.24) is 20.4 Å². The summed E-state index contributed by atoms with van der Waals surface area (Å²) in [6.07, 6.45) is 33.3. The van der Waals surface area contributed by atoms with Crippen molar-refractivity contribution in [3.05, 3.63) is 55.7 Å². The number of amides is 4. The Hall–Kier alpha value is 0.0800. The van der Waals surface area contributed by atoms with Crippen LogP contribution in [0.25, 0.3) is 0 Å². The van der Waals surface area contributed by atoms with Crippen LogP contribution in [0.4, 0.5) is 0 Å². The molecule has 8 nitrogen and oxygen atoms in total. The number of carbonyl (C=O) groups excluding carboxylic acids is 4. The lowest BCUT2D eigenvalue weighted by Gasteiger charge is -2.49. The molecule has 9 fully saturated rings. The van der Waals surface area contributed by atoms with Gasteiger partial charge in [-0.1, -0.05) is 139 Å². The number of nitrogens with zero attached hydrogens (tertiary/aromatic N) is 2. The zero-order chi connectivity index (χ0) is 64.3. The molecule has 2 N–H and O–H groups in total. The molecule has 0 aromatic heterocycles. The number of unbranched alkanes of at least 4 members (excludes halogenated alkanes) is 4. The van der Waals surface area contributed by atoms with E-state index in [1.807, 2.05) is 11.8 Å². The summed E-state index contributed by atoms with van der Waals surface area (Å²) in [5.41, 5.74) is 1.98. The molecule has 0 bridgehead atoms. The van der Waals surface area contributed by atoms with Crippen molar-refractivity contribution in [3.63, 3.8) is 0 Å². The van der Waals surface area contributed by atoms with Crippen LogP contribution in [0.3, 0.4) is 0 Å². The first-order valence-corrected chi connectivity index (χ1v) is 45.6. The van der Waals surface area contributed by atoms with Crippen molar-refractivity contribution >= 4 is 141 Å². The number of thioether (sulfide) groups is 10. The van der Waals surface area contributed by atoms with Crippen molar-refractivity contribution in [2.45, 2.75) is 307 Å². The number of hydrogen-bond acceptors (Lipinski definition) is 14. The smallest absolute Gasteiger partial charge is 0.250 e.